The van der Waals surface area contributed by atoms with Crippen LogP contribution in [-0.4, -0.2) is 5.11 Å². The van der Waals surface area contributed by atoms with E-state index in [4.69, 9.17) is 0 Å². The van der Waals surface area contributed by atoms with E-state index < -0.39 is 6.10 Å². The molecule has 0 radical (unpaired) electrons. The molecule has 0 aliphatic heterocycles. The lowest BCUT2D eigenvalue weighted by molar-refractivity contribution is 0.218. The third kappa shape index (κ3) is 2.89. The highest BCUT2D eigenvalue weighted by atomic mass is 127. The summed E-state index contributed by atoms with van der Waals surface area (Å²) in [4.78, 5) is 0. The van der Waals surface area contributed by atoms with Crippen molar-refractivity contribution in [2.24, 2.45) is 0 Å². The van der Waals surface area contributed by atoms with E-state index in [0.29, 0.717) is 0 Å². The zero-order valence-corrected chi connectivity index (χ0v) is 13.1. The van der Waals surface area contributed by atoms with E-state index in [1.54, 1.807) is 0 Å². The van der Waals surface area contributed by atoms with Crippen LogP contribution in [-0.2, 0) is 0 Å². The van der Waals surface area contributed by atoms with E-state index in [9.17, 15) is 5.11 Å². The van der Waals surface area contributed by atoms with Crippen molar-refractivity contribution in [1.82, 2.24) is 0 Å². The molecule has 0 saturated heterocycles. The molecule has 2 aromatic carbocycles. The van der Waals surface area contributed by atoms with Crippen LogP contribution in [0.15, 0.2) is 46.9 Å². The molecule has 1 atom stereocenters. The summed E-state index contributed by atoms with van der Waals surface area (Å²) < 4.78 is 2.06. The smallest absolute Gasteiger partial charge is 0.105 e. The maximum atomic E-state index is 10.5. The minimum atomic E-state index is -0.569. The van der Waals surface area contributed by atoms with Crippen LogP contribution in [0.3, 0.4) is 0 Å². The normalized spacial score (nSPS) is 12.5. The SMILES string of the molecule is Cc1ccccc1C(O)c1cc(Br)ccc1I. The van der Waals surface area contributed by atoms with Crippen LogP contribution < -0.4 is 0 Å². The molecule has 0 saturated carbocycles. The fourth-order valence-corrected chi connectivity index (χ4v) is 2.79. The average molecular weight is 403 g/mol. The van der Waals surface area contributed by atoms with Crippen LogP contribution in [0.4, 0.5) is 0 Å². The van der Waals surface area contributed by atoms with Gasteiger partial charge in [-0.1, -0.05) is 40.2 Å². The van der Waals surface area contributed by atoms with Gasteiger partial charge in [0.1, 0.15) is 6.10 Å². The van der Waals surface area contributed by atoms with Crippen molar-refractivity contribution in [3.8, 4) is 0 Å². The first kappa shape index (κ1) is 13.1. The molecule has 3 heteroatoms. The molecule has 1 unspecified atom stereocenters. The Morgan fingerprint density at radius 2 is 1.82 bits per heavy atom. The monoisotopic (exact) mass is 402 g/mol. The Morgan fingerprint density at radius 1 is 1.12 bits per heavy atom. The average Bonchev–Trinajstić information content (AvgIpc) is 2.32. The van der Waals surface area contributed by atoms with E-state index in [0.717, 1.165) is 24.7 Å². The third-order valence-corrected chi connectivity index (χ3v) is 4.21. The van der Waals surface area contributed by atoms with E-state index in [1.807, 2.05) is 49.4 Å². The summed E-state index contributed by atoms with van der Waals surface area (Å²) in [5, 5.41) is 10.5. The molecule has 2 rings (SSSR count). The molecule has 1 nitrogen and oxygen atoms in total. The maximum absolute atomic E-state index is 10.5. The summed E-state index contributed by atoms with van der Waals surface area (Å²) in [6.45, 7) is 2.02. The van der Waals surface area contributed by atoms with E-state index in [2.05, 4.69) is 38.5 Å². The fourth-order valence-electron chi connectivity index (χ4n) is 1.79. The van der Waals surface area contributed by atoms with Gasteiger partial charge in [0.05, 0.1) is 0 Å². The van der Waals surface area contributed by atoms with Crippen molar-refractivity contribution in [3.63, 3.8) is 0 Å². The number of hydrogen-bond acceptors (Lipinski definition) is 1. The van der Waals surface area contributed by atoms with Crippen LogP contribution in [0.25, 0.3) is 0 Å². The first-order chi connectivity index (χ1) is 8.09. The largest absolute Gasteiger partial charge is 0.384 e. The Labute approximate surface area is 123 Å². The summed E-state index contributed by atoms with van der Waals surface area (Å²) in [6, 6.07) is 13.9. The second-order valence-corrected chi connectivity index (χ2v) is 6.00. The second-order valence-electron chi connectivity index (χ2n) is 3.92. The third-order valence-electron chi connectivity index (χ3n) is 2.74. The molecule has 1 N–H and O–H groups in total. The summed E-state index contributed by atoms with van der Waals surface area (Å²) in [7, 11) is 0. The van der Waals surface area contributed by atoms with Gasteiger partial charge in [-0.25, -0.2) is 0 Å². The van der Waals surface area contributed by atoms with Crippen LogP contribution in [0.5, 0.6) is 0 Å². The highest BCUT2D eigenvalue weighted by Gasteiger charge is 2.15. The lowest BCUT2D eigenvalue weighted by Crippen LogP contribution is -2.03. The van der Waals surface area contributed by atoms with Gasteiger partial charge in [-0.2, -0.15) is 0 Å². The number of rotatable bonds is 2. The van der Waals surface area contributed by atoms with Gasteiger partial charge in [0.2, 0.25) is 0 Å². The first-order valence-corrected chi connectivity index (χ1v) is 7.15. The Bertz CT molecular complexity index is 539. The maximum Gasteiger partial charge on any atom is 0.105 e. The zero-order chi connectivity index (χ0) is 12.4. The minimum absolute atomic E-state index is 0.569. The van der Waals surface area contributed by atoms with Crippen LogP contribution in [0.2, 0.25) is 0 Å². The van der Waals surface area contributed by atoms with Crippen LogP contribution in [0, 0.1) is 10.5 Å². The quantitative estimate of drug-likeness (QED) is 0.736. The number of halogens is 2. The van der Waals surface area contributed by atoms with Crippen molar-refractivity contribution in [3.05, 3.63) is 67.2 Å². The van der Waals surface area contributed by atoms with Crippen molar-refractivity contribution >= 4 is 38.5 Å². The Morgan fingerprint density at radius 3 is 2.53 bits per heavy atom. The van der Waals surface area contributed by atoms with Crippen LogP contribution >= 0.6 is 38.5 Å². The standard InChI is InChI=1S/C14H12BrIO/c1-9-4-2-3-5-11(9)14(17)12-8-10(15)6-7-13(12)16/h2-8,14,17H,1H3. The van der Waals surface area contributed by atoms with Crippen LogP contribution in [0.1, 0.15) is 22.8 Å². The van der Waals surface area contributed by atoms with Crippen molar-refractivity contribution in [2.45, 2.75) is 13.0 Å². The molecule has 88 valence electrons. The summed E-state index contributed by atoms with van der Waals surface area (Å²) >= 11 is 5.69. The number of aryl methyl sites for hydroxylation is 1. The van der Waals surface area contributed by atoms with Crippen molar-refractivity contribution in [2.75, 3.05) is 0 Å². The lowest BCUT2D eigenvalue weighted by atomic mass is 9.98. The topological polar surface area (TPSA) is 20.2 Å². The van der Waals surface area contributed by atoms with Gasteiger partial charge in [-0.15, -0.1) is 0 Å². The van der Waals surface area contributed by atoms with Crippen molar-refractivity contribution < 1.29 is 5.11 Å². The first-order valence-electron chi connectivity index (χ1n) is 5.28. The number of benzene rings is 2. The van der Waals surface area contributed by atoms with E-state index in [1.165, 1.54) is 0 Å². The molecular weight excluding hydrogens is 391 g/mol. The number of hydrogen-bond donors (Lipinski definition) is 1. The molecule has 0 heterocycles. The zero-order valence-electron chi connectivity index (χ0n) is 9.32. The molecule has 0 bridgehead atoms. The molecule has 0 aromatic heterocycles. The van der Waals surface area contributed by atoms with Gasteiger partial charge >= 0.3 is 0 Å². The van der Waals surface area contributed by atoms with Gasteiger partial charge < -0.3 is 5.11 Å². The minimum Gasteiger partial charge on any atom is -0.384 e. The molecule has 17 heavy (non-hydrogen) atoms. The molecule has 0 fully saturated rings. The highest BCUT2D eigenvalue weighted by Crippen LogP contribution is 2.30. The molecule has 2 aromatic rings. The predicted octanol–water partition coefficient (Wildman–Crippen LogP) is 4.44. The number of aliphatic hydroxyl groups excluding tert-OH is 1. The van der Waals surface area contributed by atoms with Gasteiger partial charge in [0.25, 0.3) is 0 Å². The van der Waals surface area contributed by atoms with Gasteiger partial charge in [-0.05, 0) is 64.4 Å². The number of aliphatic hydroxyl groups is 1. The Hall–Kier alpha value is -0.390. The predicted molar refractivity (Wildman–Crippen MR) is 82.1 cm³/mol. The molecule has 0 aliphatic carbocycles. The molecule has 0 amide bonds. The highest BCUT2D eigenvalue weighted by molar-refractivity contribution is 14.1. The molecule has 0 aliphatic rings. The Balaban J connectivity index is 2.47. The fraction of sp³-hybridized carbons (Fsp3) is 0.143. The molecule has 0 spiro atoms. The van der Waals surface area contributed by atoms with Gasteiger partial charge in [-0.3, -0.25) is 0 Å². The molecular formula is C14H12BrIO. The Kier molecular flexibility index (Phi) is 4.22. The summed E-state index contributed by atoms with van der Waals surface area (Å²) in [5.41, 5.74) is 3.01. The second kappa shape index (κ2) is 5.50. The van der Waals surface area contributed by atoms with E-state index in [-0.39, 0.29) is 0 Å². The van der Waals surface area contributed by atoms with Crippen molar-refractivity contribution in [1.29, 1.82) is 0 Å². The van der Waals surface area contributed by atoms with Gasteiger partial charge in [0, 0.05) is 8.04 Å². The van der Waals surface area contributed by atoms with E-state index >= 15 is 0 Å². The summed E-state index contributed by atoms with van der Waals surface area (Å²) in [6.07, 6.45) is -0.569. The lowest BCUT2D eigenvalue weighted by Gasteiger charge is -2.16. The van der Waals surface area contributed by atoms with Gasteiger partial charge in [0.15, 0.2) is 0 Å². The summed E-state index contributed by atoms with van der Waals surface area (Å²) in [5.74, 6) is 0.